The average Bonchev–Trinajstić information content (AvgIpc) is 2.61. The van der Waals surface area contributed by atoms with Gasteiger partial charge in [0, 0.05) is 12.4 Å². The van der Waals surface area contributed by atoms with Crippen LogP contribution in [-0.2, 0) is 9.53 Å². The minimum absolute atomic E-state index is 0.00228. The number of hydrogen-bond donors (Lipinski definition) is 1. The summed E-state index contributed by atoms with van der Waals surface area (Å²) in [5.74, 6) is 0.535. The van der Waals surface area contributed by atoms with E-state index in [2.05, 4.69) is 5.32 Å². The fraction of sp³-hybridized carbons (Fsp3) is 0.909. The van der Waals surface area contributed by atoms with Crippen molar-refractivity contribution in [3.8, 4) is 0 Å². The molecule has 3 nitrogen and oxygen atoms in total. The summed E-state index contributed by atoms with van der Waals surface area (Å²) in [7, 11) is 0. The number of nitrogens with one attached hydrogen (secondary N) is 1. The molecular formula is C11H20ClNO2. The first-order valence-electron chi connectivity index (χ1n) is 5.44. The zero-order valence-corrected chi connectivity index (χ0v) is 10.4. The standard InChI is InChI=1S/C11H20ClNO2/c1-8-4-5-9(15-8)10(14)13-7-11(2,3)6-12/h8-9H,4-7H2,1-3H3,(H,13,14). The van der Waals surface area contributed by atoms with Gasteiger partial charge < -0.3 is 10.1 Å². The Labute approximate surface area is 96.5 Å². The molecule has 1 amide bonds. The van der Waals surface area contributed by atoms with Crippen LogP contribution in [0.2, 0.25) is 0 Å². The summed E-state index contributed by atoms with van der Waals surface area (Å²) in [4.78, 5) is 11.7. The van der Waals surface area contributed by atoms with E-state index in [0.717, 1.165) is 12.8 Å². The van der Waals surface area contributed by atoms with Crippen LogP contribution in [-0.4, -0.2) is 30.5 Å². The number of rotatable bonds is 4. The number of carbonyl (C=O) groups excluding carboxylic acids is 1. The smallest absolute Gasteiger partial charge is 0.249 e. The van der Waals surface area contributed by atoms with E-state index in [-0.39, 0.29) is 23.5 Å². The van der Waals surface area contributed by atoms with Crippen LogP contribution in [0, 0.1) is 5.41 Å². The van der Waals surface area contributed by atoms with Crippen LogP contribution in [0.5, 0.6) is 0 Å². The molecular weight excluding hydrogens is 214 g/mol. The lowest BCUT2D eigenvalue weighted by molar-refractivity contribution is -0.132. The Morgan fingerprint density at radius 1 is 1.53 bits per heavy atom. The van der Waals surface area contributed by atoms with Crippen LogP contribution in [0.1, 0.15) is 33.6 Å². The fourth-order valence-electron chi connectivity index (χ4n) is 1.48. The highest BCUT2D eigenvalue weighted by Crippen LogP contribution is 2.20. The van der Waals surface area contributed by atoms with E-state index < -0.39 is 0 Å². The van der Waals surface area contributed by atoms with Crippen molar-refractivity contribution in [2.75, 3.05) is 12.4 Å². The molecule has 1 rings (SSSR count). The van der Waals surface area contributed by atoms with Crippen LogP contribution in [0.15, 0.2) is 0 Å². The molecule has 15 heavy (non-hydrogen) atoms. The number of amides is 1. The topological polar surface area (TPSA) is 38.3 Å². The predicted octanol–water partition coefficient (Wildman–Crippen LogP) is 1.94. The molecule has 0 radical (unpaired) electrons. The van der Waals surface area contributed by atoms with Crippen molar-refractivity contribution in [1.82, 2.24) is 5.32 Å². The van der Waals surface area contributed by atoms with E-state index in [0.29, 0.717) is 12.4 Å². The van der Waals surface area contributed by atoms with Gasteiger partial charge in [-0.2, -0.15) is 0 Å². The third kappa shape index (κ3) is 3.99. The third-order valence-electron chi connectivity index (χ3n) is 2.63. The van der Waals surface area contributed by atoms with Crippen molar-refractivity contribution in [1.29, 1.82) is 0 Å². The van der Waals surface area contributed by atoms with Gasteiger partial charge in [0.1, 0.15) is 6.10 Å². The molecule has 0 saturated carbocycles. The highest BCUT2D eigenvalue weighted by Gasteiger charge is 2.29. The molecule has 0 aromatic heterocycles. The maximum Gasteiger partial charge on any atom is 0.249 e. The van der Waals surface area contributed by atoms with Gasteiger partial charge in [-0.25, -0.2) is 0 Å². The molecule has 2 unspecified atom stereocenters. The number of hydrogen-bond acceptors (Lipinski definition) is 2. The van der Waals surface area contributed by atoms with Gasteiger partial charge in [-0.1, -0.05) is 13.8 Å². The summed E-state index contributed by atoms with van der Waals surface area (Å²) in [5, 5.41) is 2.89. The normalized spacial score (nSPS) is 26.7. The van der Waals surface area contributed by atoms with Gasteiger partial charge in [-0.3, -0.25) is 4.79 Å². The molecule has 1 saturated heterocycles. The van der Waals surface area contributed by atoms with E-state index in [1.165, 1.54) is 0 Å². The van der Waals surface area contributed by atoms with Crippen LogP contribution in [0.25, 0.3) is 0 Å². The molecule has 1 heterocycles. The first-order valence-corrected chi connectivity index (χ1v) is 5.97. The Hall–Kier alpha value is -0.280. The van der Waals surface area contributed by atoms with E-state index in [4.69, 9.17) is 16.3 Å². The van der Waals surface area contributed by atoms with Crippen molar-refractivity contribution in [2.24, 2.45) is 5.41 Å². The summed E-state index contributed by atoms with van der Waals surface area (Å²) in [6.07, 6.45) is 1.75. The Kier molecular flexibility index (Phi) is 4.41. The number of halogens is 1. The molecule has 1 aliphatic rings. The summed E-state index contributed by atoms with van der Waals surface area (Å²) in [6.45, 7) is 6.65. The Balaban J connectivity index is 2.30. The molecule has 4 heteroatoms. The lowest BCUT2D eigenvalue weighted by atomic mass is 9.96. The van der Waals surface area contributed by atoms with Crippen LogP contribution >= 0.6 is 11.6 Å². The summed E-state index contributed by atoms with van der Waals surface area (Å²) >= 11 is 5.78. The van der Waals surface area contributed by atoms with Gasteiger partial charge in [-0.05, 0) is 25.2 Å². The van der Waals surface area contributed by atoms with Gasteiger partial charge in [0.25, 0.3) is 0 Å². The van der Waals surface area contributed by atoms with Crippen molar-refractivity contribution in [3.05, 3.63) is 0 Å². The summed E-state index contributed by atoms with van der Waals surface area (Å²) in [6, 6.07) is 0. The zero-order valence-electron chi connectivity index (χ0n) is 9.68. The minimum atomic E-state index is -0.258. The van der Waals surface area contributed by atoms with E-state index >= 15 is 0 Å². The average molecular weight is 234 g/mol. The van der Waals surface area contributed by atoms with E-state index in [9.17, 15) is 4.79 Å². The number of carbonyl (C=O) groups is 1. The van der Waals surface area contributed by atoms with Crippen molar-refractivity contribution >= 4 is 17.5 Å². The quantitative estimate of drug-likeness (QED) is 0.754. The van der Waals surface area contributed by atoms with Gasteiger partial charge in [0.15, 0.2) is 0 Å². The van der Waals surface area contributed by atoms with E-state index in [1.807, 2.05) is 20.8 Å². The summed E-state index contributed by atoms with van der Waals surface area (Å²) in [5.41, 5.74) is -0.0541. The molecule has 0 aromatic carbocycles. The maximum absolute atomic E-state index is 11.7. The fourth-order valence-corrected chi connectivity index (χ4v) is 1.58. The first-order chi connectivity index (χ1) is 6.94. The minimum Gasteiger partial charge on any atom is -0.365 e. The van der Waals surface area contributed by atoms with Crippen LogP contribution in [0.3, 0.4) is 0 Å². The van der Waals surface area contributed by atoms with Crippen LogP contribution in [0.4, 0.5) is 0 Å². The highest BCUT2D eigenvalue weighted by atomic mass is 35.5. The summed E-state index contributed by atoms with van der Waals surface area (Å²) < 4.78 is 5.48. The molecule has 1 N–H and O–H groups in total. The second-order valence-electron chi connectivity index (χ2n) is 5.03. The molecule has 0 bridgehead atoms. The van der Waals surface area contributed by atoms with Gasteiger partial charge in [0.2, 0.25) is 5.91 Å². The van der Waals surface area contributed by atoms with Crippen molar-refractivity contribution in [2.45, 2.75) is 45.8 Å². The molecule has 0 spiro atoms. The maximum atomic E-state index is 11.7. The number of ether oxygens (including phenoxy) is 1. The third-order valence-corrected chi connectivity index (χ3v) is 3.35. The zero-order chi connectivity index (χ0) is 11.5. The number of alkyl halides is 1. The van der Waals surface area contributed by atoms with Gasteiger partial charge in [0.05, 0.1) is 6.10 Å². The van der Waals surface area contributed by atoms with Crippen LogP contribution < -0.4 is 5.32 Å². The second kappa shape index (κ2) is 5.17. The molecule has 2 atom stereocenters. The molecule has 0 aromatic rings. The van der Waals surface area contributed by atoms with Crippen molar-refractivity contribution < 1.29 is 9.53 Å². The highest BCUT2D eigenvalue weighted by molar-refractivity contribution is 6.18. The molecule has 0 aliphatic carbocycles. The van der Waals surface area contributed by atoms with Gasteiger partial charge in [-0.15, -0.1) is 11.6 Å². The molecule has 1 aliphatic heterocycles. The largest absolute Gasteiger partial charge is 0.365 e. The molecule has 88 valence electrons. The lowest BCUT2D eigenvalue weighted by Crippen LogP contribution is -2.40. The molecule has 1 fully saturated rings. The first kappa shape index (κ1) is 12.8. The van der Waals surface area contributed by atoms with Crippen molar-refractivity contribution in [3.63, 3.8) is 0 Å². The Bertz CT molecular complexity index is 231. The Morgan fingerprint density at radius 3 is 2.67 bits per heavy atom. The SMILES string of the molecule is CC1CCC(C(=O)NCC(C)(C)CCl)O1. The monoisotopic (exact) mass is 233 g/mol. The second-order valence-corrected chi connectivity index (χ2v) is 5.30. The van der Waals surface area contributed by atoms with Gasteiger partial charge >= 0.3 is 0 Å². The lowest BCUT2D eigenvalue weighted by Gasteiger charge is -2.22. The predicted molar refractivity (Wildman–Crippen MR) is 61.1 cm³/mol. The Morgan fingerprint density at radius 2 is 2.20 bits per heavy atom. The van der Waals surface area contributed by atoms with E-state index in [1.54, 1.807) is 0 Å².